The number of ether oxygens (including phenoxy) is 1. The highest BCUT2D eigenvalue weighted by atomic mass is 16.5. The van der Waals surface area contributed by atoms with Crippen LogP contribution in [0.25, 0.3) is 28.1 Å². The van der Waals surface area contributed by atoms with Gasteiger partial charge in [0.25, 0.3) is 0 Å². The monoisotopic (exact) mass is 332 g/mol. The molecule has 1 N–H and O–H groups in total. The minimum Gasteiger partial charge on any atom is -0.497 e. The number of benzene rings is 1. The largest absolute Gasteiger partial charge is 0.497 e. The summed E-state index contributed by atoms with van der Waals surface area (Å²) in [5, 5.41) is 0. The number of methoxy groups -OCH3 is 1. The summed E-state index contributed by atoms with van der Waals surface area (Å²) >= 11 is 0. The van der Waals surface area contributed by atoms with Crippen molar-refractivity contribution >= 4 is 5.57 Å². The van der Waals surface area contributed by atoms with E-state index >= 15 is 0 Å². The van der Waals surface area contributed by atoms with E-state index in [0.717, 1.165) is 46.7 Å². The van der Waals surface area contributed by atoms with Gasteiger partial charge in [-0.3, -0.25) is 4.98 Å². The second-order valence-electron chi connectivity index (χ2n) is 6.26. The SMILES string of the molecule is C=C(C)c1cc(-c2ccnc(-c3ccc(OC)cc3)c2)[nH]c1CCC. The van der Waals surface area contributed by atoms with E-state index in [1.54, 1.807) is 7.11 Å². The molecule has 0 aliphatic carbocycles. The second-order valence-corrected chi connectivity index (χ2v) is 6.26. The fourth-order valence-corrected chi connectivity index (χ4v) is 3.00. The standard InChI is InChI=1S/C22H24N2O/c1-5-6-20-19(15(2)3)14-22(24-20)17-11-12-23-21(13-17)16-7-9-18(25-4)10-8-16/h7-14,24H,2,5-6H2,1,3-4H3. The maximum absolute atomic E-state index is 5.23. The average Bonchev–Trinajstić information content (AvgIpc) is 3.07. The predicted octanol–water partition coefficient (Wildman–Crippen LogP) is 5.74. The molecule has 0 unspecified atom stereocenters. The zero-order valence-electron chi connectivity index (χ0n) is 15.1. The van der Waals surface area contributed by atoms with Gasteiger partial charge in [0, 0.05) is 28.7 Å². The Morgan fingerprint density at radius 1 is 1.12 bits per heavy atom. The number of H-pyrrole nitrogens is 1. The summed E-state index contributed by atoms with van der Waals surface area (Å²) in [6, 6.07) is 14.3. The summed E-state index contributed by atoms with van der Waals surface area (Å²) in [5.74, 6) is 0.847. The number of aryl methyl sites for hydroxylation is 1. The van der Waals surface area contributed by atoms with Crippen molar-refractivity contribution in [3.8, 4) is 28.3 Å². The van der Waals surface area contributed by atoms with Crippen LogP contribution in [-0.4, -0.2) is 17.1 Å². The first kappa shape index (κ1) is 17.0. The molecule has 0 saturated heterocycles. The van der Waals surface area contributed by atoms with Gasteiger partial charge in [-0.1, -0.05) is 19.9 Å². The van der Waals surface area contributed by atoms with Crippen LogP contribution >= 0.6 is 0 Å². The van der Waals surface area contributed by atoms with E-state index in [9.17, 15) is 0 Å². The summed E-state index contributed by atoms with van der Waals surface area (Å²) < 4.78 is 5.23. The Morgan fingerprint density at radius 3 is 2.52 bits per heavy atom. The lowest BCUT2D eigenvalue weighted by Gasteiger charge is -2.05. The van der Waals surface area contributed by atoms with Gasteiger partial charge in [-0.15, -0.1) is 0 Å². The van der Waals surface area contributed by atoms with Crippen molar-refractivity contribution in [2.45, 2.75) is 26.7 Å². The van der Waals surface area contributed by atoms with Gasteiger partial charge in [0.15, 0.2) is 0 Å². The number of aromatic amines is 1. The predicted molar refractivity (Wildman–Crippen MR) is 105 cm³/mol. The van der Waals surface area contributed by atoms with Crippen LogP contribution in [0.15, 0.2) is 55.2 Å². The number of nitrogens with zero attached hydrogens (tertiary/aromatic N) is 1. The third-order valence-corrected chi connectivity index (χ3v) is 4.32. The molecular formula is C22H24N2O. The first-order valence-electron chi connectivity index (χ1n) is 8.61. The summed E-state index contributed by atoms with van der Waals surface area (Å²) in [6.07, 6.45) is 3.99. The van der Waals surface area contributed by atoms with Crippen LogP contribution in [0.5, 0.6) is 5.75 Å². The molecule has 3 heteroatoms. The number of aromatic nitrogens is 2. The molecule has 3 aromatic rings. The van der Waals surface area contributed by atoms with E-state index in [2.05, 4.69) is 42.5 Å². The number of hydrogen-bond donors (Lipinski definition) is 1. The number of pyridine rings is 1. The van der Waals surface area contributed by atoms with Crippen LogP contribution in [0, 0.1) is 0 Å². The normalized spacial score (nSPS) is 10.7. The Kier molecular flexibility index (Phi) is 5.03. The summed E-state index contributed by atoms with van der Waals surface area (Å²) in [6.45, 7) is 8.36. The number of nitrogens with one attached hydrogen (secondary N) is 1. The molecule has 2 aromatic heterocycles. The van der Waals surface area contributed by atoms with Gasteiger partial charge in [0.1, 0.15) is 5.75 Å². The molecule has 3 rings (SSSR count). The van der Waals surface area contributed by atoms with E-state index in [-0.39, 0.29) is 0 Å². The zero-order chi connectivity index (χ0) is 17.8. The number of hydrogen-bond acceptors (Lipinski definition) is 2. The Hall–Kier alpha value is -2.81. The molecule has 0 radical (unpaired) electrons. The zero-order valence-corrected chi connectivity index (χ0v) is 15.1. The van der Waals surface area contributed by atoms with E-state index in [1.807, 2.05) is 36.5 Å². The van der Waals surface area contributed by atoms with Gasteiger partial charge >= 0.3 is 0 Å². The molecule has 3 nitrogen and oxygen atoms in total. The lowest BCUT2D eigenvalue weighted by Crippen LogP contribution is -1.89. The molecule has 0 saturated carbocycles. The van der Waals surface area contributed by atoms with Crippen LogP contribution in [0.3, 0.4) is 0 Å². The highest BCUT2D eigenvalue weighted by Crippen LogP contribution is 2.29. The molecule has 0 atom stereocenters. The highest BCUT2D eigenvalue weighted by Gasteiger charge is 2.11. The Labute approximate surface area is 149 Å². The molecule has 25 heavy (non-hydrogen) atoms. The highest BCUT2D eigenvalue weighted by molar-refractivity contribution is 5.74. The third-order valence-electron chi connectivity index (χ3n) is 4.32. The molecule has 0 aliphatic heterocycles. The van der Waals surface area contributed by atoms with Crippen molar-refractivity contribution in [3.05, 3.63) is 66.5 Å². The van der Waals surface area contributed by atoms with E-state index in [0.29, 0.717) is 0 Å². The Bertz CT molecular complexity index is 875. The van der Waals surface area contributed by atoms with Gasteiger partial charge < -0.3 is 9.72 Å². The maximum Gasteiger partial charge on any atom is 0.118 e. The van der Waals surface area contributed by atoms with Crippen molar-refractivity contribution in [2.24, 2.45) is 0 Å². The minimum absolute atomic E-state index is 0.847. The smallest absolute Gasteiger partial charge is 0.118 e. The van der Waals surface area contributed by atoms with Crippen molar-refractivity contribution in [3.63, 3.8) is 0 Å². The van der Waals surface area contributed by atoms with Crippen molar-refractivity contribution < 1.29 is 4.74 Å². The van der Waals surface area contributed by atoms with Gasteiger partial charge in [-0.05, 0) is 66.9 Å². The lowest BCUT2D eigenvalue weighted by molar-refractivity contribution is 0.415. The van der Waals surface area contributed by atoms with Gasteiger partial charge in [-0.25, -0.2) is 0 Å². The van der Waals surface area contributed by atoms with E-state index in [4.69, 9.17) is 4.74 Å². The Balaban J connectivity index is 1.98. The van der Waals surface area contributed by atoms with Crippen molar-refractivity contribution in [2.75, 3.05) is 7.11 Å². The van der Waals surface area contributed by atoms with Crippen LogP contribution in [0.2, 0.25) is 0 Å². The van der Waals surface area contributed by atoms with Crippen LogP contribution in [0.4, 0.5) is 0 Å². The fraction of sp³-hybridized carbons (Fsp3) is 0.227. The molecular weight excluding hydrogens is 308 g/mol. The molecule has 0 fully saturated rings. The fourth-order valence-electron chi connectivity index (χ4n) is 3.00. The first-order chi connectivity index (χ1) is 12.1. The quantitative estimate of drug-likeness (QED) is 0.625. The molecule has 128 valence electrons. The van der Waals surface area contributed by atoms with Crippen LogP contribution in [0.1, 0.15) is 31.5 Å². The minimum atomic E-state index is 0.847. The molecule has 0 spiro atoms. The third kappa shape index (κ3) is 3.66. The van der Waals surface area contributed by atoms with Gasteiger partial charge in [0.05, 0.1) is 12.8 Å². The molecule has 0 bridgehead atoms. The van der Waals surface area contributed by atoms with Crippen LogP contribution < -0.4 is 4.74 Å². The van der Waals surface area contributed by atoms with E-state index < -0.39 is 0 Å². The average molecular weight is 332 g/mol. The number of rotatable bonds is 6. The van der Waals surface area contributed by atoms with Crippen molar-refractivity contribution in [1.29, 1.82) is 0 Å². The Morgan fingerprint density at radius 2 is 1.88 bits per heavy atom. The number of allylic oxidation sites excluding steroid dienone is 1. The maximum atomic E-state index is 5.23. The molecule has 0 amide bonds. The van der Waals surface area contributed by atoms with Gasteiger partial charge in [-0.2, -0.15) is 0 Å². The summed E-state index contributed by atoms with van der Waals surface area (Å²) in [4.78, 5) is 8.09. The topological polar surface area (TPSA) is 37.9 Å². The summed E-state index contributed by atoms with van der Waals surface area (Å²) in [5.41, 5.74) is 7.83. The summed E-state index contributed by atoms with van der Waals surface area (Å²) in [7, 11) is 1.67. The molecule has 0 aliphatic rings. The molecule has 1 aromatic carbocycles. The van der Waals surface area contributed by atoms with Crippen LogP contribution in [-0.2, 0) is 6.42 Å². The van der Waals surface area contributed by atoms with E-state index in [1.165, 1.54) is 11.3 Å². The first-order valence-corrected chi connectivity index (χ1v) is 8.61. The molecule has 2 heterocycles. The van der Waals surface area contributed by atoms with Gasteiger partial charge in [0.2, 0.25) is 0 Å². The van der Waals surface area contributed by atoms with Crippen molar-refractivity contribution in [1.82, 2.24) is 9.97 Å². The lowest BCUT2D eigenvalue weighted by atomic mass is 10.0. The second kappa shape index (κ2) is 7.39.